The smallest absolute Gasteiger partial charge is 0.233 e. The van der Waals surface area contributed by atoms with Crippen molar-refractivity contribution in [3.63, 3.8) is 0 Å². The van der Waals surface area contributed by atoms with Gasteiger partial charge in [0.25, 0.3) is 0 Å². The molecule has 1 heterocycles. The van der Waals surface area contributed by atoms with E-state index in [9.17, 15) is 0 Å². The Morgan fingerprint density at radius 2 is 2.46 bits per heavy atom. The molecule has 0 N–H and O–H groups in total. The molecule has 2 radical (unpaired) electrons. The molecule has 1 rings (SSSR count). The van der Waals surface area contributed by atoms with Gasteiger partial charge in [-0.2, -0.15) is 0 Å². The Kier molecular flexibility index (Phi) is 3.12. The monoisotopic (exact) mass is 172 g/mol. The molecule has 0 aliphatic heterocycles. The van der Waals surface area contributed by atoms with Crippen LogP contribution in [0.5, 0.6) is 0 Å². The average molecular weight is 172 g/mol. The van der Waals surface area contributed by atoms with Crippen LogP contribution in [0, 0.1) is 0 Å². The van der Waals surface area contributed by atoms with Gasteiger partial charge in [0, 0.05) is 18.1 Å². The Morgan fingerprint density at radius 1 is 1.77 bits per heavy atom. The number of nitrogens with zero attached hydrogens (tertiary/aromatic N) is 2. The summed E-state index contributed by atoms with van der Waals surface area (Å²) in [5, 5.41) is 1.85. The topological polar surface area (TPSA) is 17.3 Å². The van der Waals surface area contributed by atoms with E-state index >= 15 is 0 Å². The molecule has 0 spiro atoms. The summed E-state index contributed by atoms with van der Waals surface area (Å²) in [5.74, 6) is 0. The largest absolute Gasteiger partial charge is 0.404 e. The number of hydrogen-bond acceptors (Lipinski definition) is 1. The van der Waals surface area contributed by atoms with E-state index in [1.807, 2.05) is 12.1 Å². The molecule has 0 unspecified atom stereocenters. The van der Waals surface area contributed by atoms with E-state index < -0.39 is 0 Å². The quantitative estimate of drug-likeness (QED) is 0.444. The molecule has 0 atom stereocenters. The first-order valence-electron chi connectivity index (χ1n) is 4.27. The van der Waals surface area contributed by atoms with Crippen LogP contribution in [0.2, 0.25) is 0 Å². The van der Waals surface area contributed by atoms with Gasteiger partial charge in [-0.1, -0.05) is 13.5 Å². The van der Waals surface area contributed by atoms with Crippen molar-refractivity contribution >= 4 is 26.3 Å². The molecule has 0 saturated carbocycles. The molecule has 0 saturated heterocycles. The van der Waals surface area contributed by atoms with Gasteiger partial charge in [0.1, 0.15) is 0 Å². The summed E-state index contributed by atoms with van der Waals surface area (Å²) in [6, 6.07) is 1.93. The zero-order valence-corrected chi connectivity index (χ0v) is 8.12. The maximum atomic E-state index is 5.59. The summed E-state index contributed by atoms with van der Waals surface area (Å²) in [6.45, 7) is 5.92. The van der Waals surface area contributed by atoms with E-state index in [1.165, 1.54) is 4.48 Å². The van der Waals surface area contributed by atoms with Gasteiger partial charge in [0.05, 0.1) is 0 Å². The van der Waals surface area contributed by atoms with Crippen LogP contribution >= 0.6 is 0 Å². The van der Waals surface area contributed by atoms with Crippen LogP contribution in [0.4, 0.5) is 0 Å². The van der Waals surface area contributed by atoms with Crippen LogP contribution in [0.3, 0.4) is 0 Å². The maximum Gasteiger partial charge on any atom is 0.233 e. The van der Waals surface area contributed by atoms with Crippen molar-refractivity contribution in [1.82, 2.24) is 4.48 Å². The number of aromatic nitrogens is 1. The van der Waals surface area contributed by atoms with Crippen molar-refractivity contribution in [1.29, 1.82) is 0 Å². The van der Waals surface area contributed by atoms with E-state index in [0.29, 0.717) is 0 Å². The number of aliphatic imine (C=N–C) groups is 1. The summed E-state index contributed by atoms with van der Waals surface area (Å²) < 4.78 is 1.51. The molecule has 0 bridgehead atoms. The fourth-order valence-corrected chi connectivity index (χ4v) is 1.13. The van der Waals surface area contributed by atoms with Crippen molar-refractivity contribution in [2.75, 3.05) is 7.05 Å². The zero-order chi connectivity index (χ0) is 9.84. The van der Waals surface area contributed by atoms with Crippen molar-refractivity contribution in [3.8, 4) is 0 Å². The fraction of sp³-hybridized carbons (Fsp3) is 0.300. The molecule has 1 aromatic rings. The Hall–Kier alpha value is -1.25. The highest BCUT2D eigenvalue weighted by Crippen LogP contribution is 1.85. The Labute approximate surface area is 79.7 Å². The SMILES string of the molecule is [B]n1cc/c(=C/C(CC)=NC)c1=C. The summed E-state index contributed by atoms with van der Waals surface area (Å²) in [5.41, 5.74) is 1.05. The molecule has 1 aromatic heterocycles. The fourth-order valence-electron chi connectivity index (χ4n) is 1.13. The second kappa shape index (κ2) is 4.12. The van der Waals surface area contributed by atoms with E-state index in [-0.39, 0.29) is 0 Å². The van der Waals surface area contributed by atoms with Crippen molar-refractivity contribution in [3.05, 3.63) is 22.8 Å². The standard InChI is InChI=1S/C10H13BN2/c1-4-10(12-3)7-9-5-6-13(11)8(9)2/h5-7H,2,4H2,1,3H3/b9-7-,12-10?. The molecule has 0 amide bonds. The third-order valence-electron chi connectivity index (χ3n) is 2.03. The van der Waals surface area contributed by atoms with Gasteiger partial charge >= 0.3 is 0 Å². The van der Waals surface area contributed by atoms with Gasteiger partial charge in [-0.15, -0.1) is 0 Å². The lowest BCUT2D eigenvalue weighted by molar-refractivity contribution is 1.19. The Balaban J connectivity index is 3.22. The maximum absolute atomic E-state index is 5.59. The zero-order valence-electron chi connectivity index (χ0n) is 8.12. The highest BCUT2D eigenvalue weighted by Gasteiger charge is 1.91. The third kappa shape index (κ3) is 2.11. The van der Waals surface area contributed by atoms with Crippen molar-refractivity contribution in [2.24, 2.45) is 4.99 Å². The molecular weight excluding hydrogens is 159 g/mol. The van der Waals surface area contributed by atoms with Crippen LogP contribution in [0.15, 0.2) is 17.3 Å². The van der Waals surface area contributed by atoms with Gasteiger partial charge in [-0.3, -0.25) is 4.99 Å². The minimum atomic E-state index is 0.814. The molecule has 66 valence electrons. The summed E-state index contributed by atoms with van der Waals surface area (Å²) >= 11 is 0. The number of rotatable bonds is 2. The third-order valence-corrected chi connectivity index (χ3v) is 2.03. The molecule has 0 aliphatic rings. The summed E-state index contributed by atoms with van der Waals surface area (Å²) in [4.78, 5) is 4.14. The van der Waals surface area contributed by atoms with Crippen molar-refractivity contribution in [2.45, 2.75) is 13.3 Å². The molecule has 2 nitrogen and oxygen atoms in total. The second-order valence-electron chi connectivity index (χ2n) is 2.84. The van der Waals surface area contributed by atoms with Gasteiger partial charge in [0.15, 0.2) is 0 Å². The summed E-state index contributed by atoms with van der Waals surface area (Å²) in [6.07, 6.45) is 4.72. The second-order valence-corrected chi connectivity index (χ2v) is 2.84. The predicted octanol–water partition coefficient (Wildman–Crippen LogP) is 0.0913. The normalized spacial score (nSPS) is 13.7. The van der Waals surface area contributed by atoms with Crippen LogP contribution in [0.1, 0.15) is 13.3 Å². The van der Waals surface area contributed by atoms with E-state index in [1.54, 1.807) is 13.2 Å². The van der Waals surface area contributed by atoms with E-state index in [4.69, 9.17) is 7.98 Å². The van der Waals surface area contributed by atoms with Crippen LogP contribution in [-0.2, 0) is 0 Å². The van der Waals surface area contributed by atoms with Crippen LogP contribution in [0.25, 0.3) is 12.7 Å². The highest BCUT2D eigenvalue weighted by molar-refractivity contribution is 6.10. The molecule has 13 heavy (non-hydrogen) atoms. The average Bonchev–Trinajstić information content (AvgIpc) is 2.45. The minimum Gasteiger partial charge on any atom is -0.404 e. The highest BCUT2D eigenvalue weighted by atomic mass is 14.8. The Bertz CT molecular complexity index is 415. The molecular formula is C10H13BN2. The lowest BCUT2D eigenvalue weighted by Gasteiger charge is -1.91. The first kappa shape index (κ1) is 9.84. The molecule has 3 heteroatoms. The molecule has 0 aromatic carbocycles. The van der Waals surface area contributed by atoms with Gasteiger partial charge in [-0.25, -0.2) is 0 Å². The minimum absolute atomic E-state index is 0.814. The van der Waals surface area contributed by atoms with Crippen LogP contribution < -0.4 is 10.6 Å². The first-order chi connectivity index (χ1) is 6.19. The van der Waals surface area contributed by atoms with E-state index in [0.717, 1.165) is 22.7 Å². The van der Waals surface area contributed by atoms with Gasteiger partial charge < -0.3 is 4.48 Å². The predicted molar refractivity (Wildman–Crippen MR) is 58.5 cm³/mol. The lowest BCUT2D eigenvalue weighted by Crippen LogP contribution is -2.27. The Morgan fingerprint density at radius 3 is 2.85 bits per heavy atom. The van der Waals surface area contributed by atoms with Gasteiger partial charge in [-0.05, 0) is 30.0 Å². The van der Waals surface area contributed by atoms with Crippen molar-refractivity contribution < 1.29 is 0 Å². The molecule has 0 fully saturated rings. The first-order valence-corrected chi connectivity index (χ1v) is 4.27. The van der Waals surface area contributed by atoms with Gasteiger partial charge in [0.2, 0.25) is 7.98 Å². The lowest BCUT2D eigenvalue weighted by atomic mass is 10.2. The number of hydrogen-bond donors (Lipinski definition) is 0. The summed E-state index contributed by atoms with van der Waals surface area (Å²) in [7, 11) is 7.38. The van der Waals surface area contributed by atoms with Crippen LogP contribution in [-0.4, -0.2) is 25.2 Å². The van der Waals surface area contributed by atoms with E-state index in [2.05, 4.69) is 18.5 Å². The molecule has 0 aliphatic carbocycles.